The van der Waals surface area contributed by atoms with Gasteiger partial charge < -0.3 is 14.8 Å². The van der Waals surface area contributed by atoms with Crippen LogP contribution in [-0.2, 0) is 4.79 Å². The molecule has 0 aliphatic carbocycles. The van der Waals surface area contributed by atoms with Crippen molar-refractivity contribution in [3.8, 4) is 11.5 Å². The van der Waals surface area contributed by atoms with Gasteiger partial charge in [-0.15, -0.1) is 0 Å². The smallest absolute Gasteiger partial charge is 0.257 e. The monoisotopic (exact) mass is 247 g/mol. The third kappa shape index (κ3) is 2.27. The second-order valence-electron chi connectivity index (χ2n) is 2.86. The van der Waals surface area contributed by atoms with Crippen LogP contribution in [0.3, 0.4) is 0 Å². The molecule has 1 N–H and O–H groups in total. The van der Waals surface area contributed by atoms with Gasteiger partial charge in [0, 0.05) is 11.8 Å². The summed E-state index contributed by atoms with van der Waals surface area (Å²) in [7, 11) is 0. The number of hydrogen-bond acceptors (Lipinski definition) is 3. The molecule has 1 heterocycles. The summed E-state index contributed by atoms with van der Waals surface area (Å²) in [6, 6.07) is 5.04. The van der Waals surface area contributed by atoms with E-state index in [-0.39, 0.29) is 6.79 Å². The average Bonchev–Trinajstić information content (AvgIpc) is 2.64. The molecule has 1 amide bonds. The lowest BCUT2D eigenvalue weighted by Crippen LogP contribution is -2.18. The van der Waals surface area contributed by atoms with Crippen LogP contribution < -0.4 is 14.8 Å². The Balaban J connectivity index is 2.13. The summed E-state index contributed by atoms with van der Waals surface area (Å²) in [5.74, 6) is 0.770. The SMILES string of the molecule is O=C(Nc1ccc2c(c1)OCO2)C(Cl)Cl. The molecular weight excluding hydrogens is 241 g/mol. The second-order valence-corrected chi connectivity index (χ2v) is 3.95. The van der Waals surface area contributed by atoms with Crippen LogP contribution >= 0.6 is 23.2 Å². The Morgan fingerprint density at radius 1 is 1.33 bits per heavy atom. The van der Waals surface area contributed by atoms with E-state index in [1.54, 1.807) is 18.2 Å². The van der Waals surface area contributed by atoms with Crippen LogP contribution in [0.25, 0.3) is 0 Å². The third-order valence-corrected chi connectivity index (χ3v) is 2.23. The van der Waals surface area contributed by atoms with Crippen molar-refractivity contribution < 1.29 is 14.3 Å². The molecular formula is C9H7Cl2NO3. The molecule has 0 saturated carbocycles. The normalized spacial score (nSPS) is 13.0. The lowest BCUT2D eigenvalue weighted by molar-refractivity contribution is -0.114. The first kappa shape index (κ1) is 10.4. The van der Waals surface area contributed by atoms with Gasteiger partial charge in [0.1, 0.15) is 0 Å². The summed E-state index contributed by atoms with van der Waals surface area (Å²) in [5, 5.41) is 2.53. The van der Waals surface area contributed by atoms with Crippen LogP contribution in [0.1, 0.15) is 0 Å². The molecule has 1 aromatic rings. The molecule has 0 unspecified atom stereocenters. The summed E-state index contributed by atoms with van der Waals surface area (Å²) < 4.78 is 10.3. The highest BCUT2D eigenvalue weighted by Crippen LogP contribution is 2.34. The second kappa shape index (κ2) is 4.16. The number of carbonyl (C=O) groups is 1. The van der Waals surface area contributed by atoms with Gasteiger partial charge >= 0.3 is 0 Å². The van der Waals surface area contributed by atoms with E-state index in [1.165, 1.54) is 0 Å². The number of fused-ring (bicyclic) bond motifs is 1. The van der Waals surface area contributed by atoms with Crippen molar-refractivity contribution in [3.63, 3.8) is 0 Å². The maximum atomic E-state index is 11.2. The van der Waals surface area contributed by atoms with E-state index in [4.69, 9.17) is 32.7 Å². The molecule has 6 heteroatoms. The number of hydrogen-bond donors (Lipinski definition) is 1. The number of amides is 1. The van der Waals surface area contributed by atoms with Crippen molar-refractivity contribution in [3.05, 3.63) is 18.2 Å². The van der Waals surface area contributed by atoms with Gasteiger partial charge in [0.05, 0.1) is 0 Å². The zero-order chi connectivity index (χ0) is 10.8. The topological polar surface area (TPSA) is 47.6 Å². The van der Waals surface area contributed by atoms with E-state index in [1.807, 2.05) is 0 Å². The van der Waals surface area contributed by atoms with E-state index in [9.17, 15) is 4.79 Å². The van der Waals surface area contributed by atoms with Gasteiger partial charge in [-0.25, -0.2) is 0 Å². The van der Waals surface area contributed by atoms with Crippen molar-refractivity contribution in [2.24, 2.45) is 0 Å². The standard InChI is InChI=1S/C9H7Cl2NO3/c10-8(11)9(13)12-5-1-2-6-7(3-5)15-4-14-6/h1-3,8H,4H2,(H,12,13). The van der Waals surface area contributed by atoms with Crippen molar-refractivity contribution in [2.75, 3.05) is 12.1 Å². The highest BCUT2D eigenvalue weighted by Gasteiger charge is 2.16. The van der Waals surface area contributed by atoms with E-state index < -0.39 is 10.7 Å². The van der Waals surface area contributed by atoms with Crippen molar-refractivity contribution in [1.82, 2.24) is 0 Å². The summed E-state index contributed by atoms with van der Waals surface area (Å²) >= 11 is 10.8. The minimum atomic E-state index is -1.09. The number of benzene rings is 1. The Morgan fingerprint density at radius 2 is 2.07 bits per heavy atom. The third-order valence-electron chi connectivity index (χ3n) is 1.84. The molecule has 0 fully saturated rings. The first-order chi connectivity index (χ1) is 7.16. The Morgan fingerprint density at radius 3 is 2.80 bits per heavy atom. The van der Waals surface area contributed by atoms with Crippen LogP contribution in [-0.4, -0.2) is 17.5 Å². The molecule has 4 nitrogen and oxygen atoms in total. The number of halogens is 2. The van der Waals surface area contributed by atoms with Gasteiger partial charge in [-0.3, -0.25) is 4.79 Å². The Hall–Kier alpha value is -1.13. The maximum Gasteiger partial charge on any atom is 0.257 e. The van der Waals surface area contributed by atoms with Crippen LogP contribution in [0.5, 0.6) is 11.5 Å². The van der Waals surface area contributed by atoms with Crippen molar-refractivity contribution >= 4 is 34.8 Å². The molecule has 1 aliphatic heterocycles. The highest BCUT2D eigenvalue weighted by molar-refractivity contribution is 6.54. The molecule has 0 spiro atoms. The number of nitrogens with one attached hydrogen (secondary N) is 1. The maximum absolute atomic E-state index is 11.2. The fraction of sp³-hybridized carbons (Fsp3) is 0.222. The molecule has 0 atom stereocenters. The molecule has 2 rings (SSSR count). The Kier molecular flexibility index (Phi) is 2.88. The first-order valence-corrected chi connectivity index (χ1v) is 5.03. The van der Waals surface area contributed by atoms with E-state index in [2.05, 4.69) is 5.32 Å². The molecule has 0 bridgehead atoms. The molecule has 0 saturated heterocycles. The molecule has 15 heavy (non-hydrogen) atoms. The average molecular weight is 248 g/mol. The number of rotatable bonds is 2. The van der Waals surface area contributed by atoms with E-state index in [0.29, 0.717) is 17.2 Å². The summed E-state index contributed by atoms with van der Waals surface area (Å²) in [5.41, 5.74) is 0.565. The molecule has 0 radical (unpaired) electrons. The van der Waals surface area contributed by atoms with Gasteiger partial charge in [0.25, 0.3) is 5.91 Å². The summed E-state index contributed by atoms with van der Waals surface area (Å²) in [4.78, 5) is 10.1. The first-order valence-electron chi connectivity index (χ1n) is 4.15. The fourth-order valence-corrected chi connectivity index (χ4v) is 1.28. The van der Waals surface area contributed by atoms with Crippen LogP contribution in [0.2, 0.25) is 0 Å². The molecule has 0 aromatic heterocycles. The Labute approximate surface area is 96.1 Å². The summed E-state index contributed by atoms with van der Waals surface area (Å²) in [6.07, 6.45) is 0. The largest absolute Gasteiger partial charge is 0.454 e. The zero-order valence-electron chi connectivity index (χ0n) is 7.50. The lowest BCUT2D eigenvalue weighted by atomic mass is 10.3. The minimum absolute atomic E-state index is 0.195. The number of alkyl halides is 2. The van der Waals surface area contributed by atoms with Gasteiger partial charge in [-0.1, -0.05) is 23.2 Å². The van der Waals surface area contributed by atoms with Crippen LogP contribution in [0.4, 0.5) is 5.69 Å². The highest BCUT2D eigenvalue weighted by atomic mass is 35.5. The van der Waals surface area contributed by atoms with Crippen LogP contribution in [0, 0.1) is 0 Å². The molecule has 1 aliphatic rings. The number of anilines is 1. The van der Waals surface area contributed by atoms with Gasteiger partial charge in [0.2, 0.25) is 6.79 Å². The van der Waals surface area contributed by atoms with E-state index >= 15 is 0 Å². The minimum Gasteiger partial charge on any atom is -0.454 e. The van der Waals surface area contributed by atoms with Crippen molar-refractivity contribution in [1.29, 1.82) is 0 Å². The number of carbonyl (C=O) groups excluding carboxylic acids is 1. The van der Waals surface area contributed by atoms with Gasteiger partial charge in [-0.2, -0.15) is 0 Å². The number of ether oxygens (including phenoxy) is 2. The Bertz CT molecular complexity index is 395. The zero-order valence-corrected chi connectivity index (χ0v) is 9.01. The van der Waals surface area contributed by atoms with Crippen LogP contribution in [0.15, 0.2) is 18.2 Å². The lowest BCUT2D eigenvalue weighted by Gasteiger charge is -2.05. The van der Waals surface area contributed by atoms with Gasteiger partial charge in [-0.05, 0) is 12.1 Å². The molecule has 1 aromatic carbocycles. The van der Waals surface area contributed by atoms with Gasteiger partial charge in [0.15, 0.2) is 16.3 Å². The quantitative estimate of drug-likeness (QED) is 0.816. The fourth-order valence-electron chi connectivity index (χ4n) is 1.17. The van der Waals surface area contributed by atoms with Crippen molar-refractivity contribution in [2.45, 2.75) is 4.84 Å². The molecule has 80 valence electrons. The van der Waals surface area contributed by atoms with E-state index in [0.717, 1.165) is 0 Å². The predicted molar refractivity (Wildman–Crippen MR) is 56.7 cm³/mol. The summed E-state index contributed by atoms with van der Waals surface area (Å²) in [6.45, 7) is 0.195. The predicted octanol–water partition coefficient (Wildman–Crippen LogP) is 2.16.